The van der Waals surface area contributed by atoms with Gasteiger partial charge in [-0.05, 0) is 57.5 Å². The van der Waals surface area contributed by atoms with Crippen molar-refractivity contribution >= 4 is 16.9 Å². The Bertz CT molecular complexity index is 995. The first kappa shape index (κ1) is 20.8. The molecule has 2 aromatic carbocycles. The minimum absolute atomic E-state index is 0.283. The molecule has 0 fully saturated rings. The number of aliphatic hydroxyl groups is 1. The predicted molar refractivity (Wildman–Crippen MR) is 113 cm³/mol. The number of rotatable bonds is 7. The Labute approximate surface area is 171 Å². The minimum atomic E-state index is -1.04. The molecule has 0 saturated carbocycles. The lowest BCUT2D eigenvalue weighted by Gasteiger charge is -2.28. The van der Waals surface area contributed by atoms with E-state index in [1.54, 1.807) is 45.0 Å². The summed E-state index contributed by atoms with van der Waals surface area (Å²) in [7, 11) is 0. The molecule has 5 heteroatoms. The summed E-state index contributed by atoms with van der Waals surface area (Å²) in [4.78, 5) is 16.7. The first-order valence-electron chi connectivity index (χ1n) is 9.76. The van der Waals surface area contributed by atoms with Gasteiger partial charge in [0.05, 0.1) is 23.6 Å². The van der Waals surface area contributed by atoms with E-state index in [9.17, 15) is 9.90 Å². The number of aliphatic hydroxyl groups excluding tert-OH is 1. The van der Waals surface area contributed by atoms with Crippen molar-refractivity contribution in [1.29, 1.82) is 0 Å². The fourth-order valence-electron chi connectivity index (χ4n) is 3.27. The van der Waals surface area contributed by atoms with Gasteiger partial charge in [0, 0.05) is 16.6 Å². The summed E-state index contributed by atoms with van der Waals surface area (Å²) >= 11 is 0. The number of carbonyl (C=O) groups is 1. The van der Waals surface area contributed by atoms with Gasteiger partial charge in [-0.25, -0.2) is 0 Å². The largest absolute Gasteiger partial charge is 0.489 e. The van der Waals surface area contributed by atoms with Crippen molar-refractivity contribution in [2.24, 2.45) is 5.41 Å². The highest BCUT2D eigenvalue weighted by atomic mass is 16.5. The molecule has 3 aromatic rings. The Morgan fingerprint density at radius 3 is 2.52 bits per heavy atom. The summed E-state index contributed by atoms with van der Waals surface area (Å²) in [6.45, 7) is 7.77. The Kier molecular flexibility index (Phi) is 6.18. The summed E-state index contributed by atoms with van der Waals surface area (Å²) < 4.78 is 11.0. The molecule has 152 valence electrons. The van der Waals surface area contributed by atoms with Gasteiger partial charge in [0.2, 0.25) is 0 Å². The van der Waals surface area contributed by atoms with Crippen molar-refractivity contribution in [2.45, 2.75) is 40.4 Å². The predicted octanol–water partition coefficient (Wildman–Crippen LogP) is 4.74. The van der Waals surface area contributed by atoms with E-state index in [1.807, 2.05) is 37.3 Å². The molecule has 5 nitrogen and oxygen atoms in total. The van der Waals surface area contributed by atoms with Crippen LogP contribution in [0.3, 0.4) is 0 Å². The first-order chi connectivity index (χ1) is 13.8. The Balaban J connectivity index is 1.73. The molecule has 0 saturated heterocycles. The number of ether oxygens (including phenoxy) is 2. The van der Waals surface area contributed by atoms with Crippen LogP contribution in [0.1, 0.15) is 43.7 Å². The summed E-state index contributed by atoms with van der Waals surface area (Å²) in [5.74, 6) is 0.265. The van der Waals surface area contributed by atoms with Gasteiger partial charge in [0.15, 0.2) is 0 Å². The number of fused-ring (bicyclic) bond motifs is 1. The van der Waals surface area contributed by atoms with Gasteiger partial charge in [0.25, 0.3) is 0 Å². The SMILES string of the molecule is CCOC(=O)C(C)(C)C(O)c1ccc(OCc2cc(C)nc3ccccc23)cc1. The second kappa shape index (κ2) is 8.62. The molecule has 0 aliphatic rings. The van der Waals surface area contributed by atoms with Crippen molar-refractivity contribution in [2.75, 3.05) is 6.61 Å². The molecule has 0 aliphatic heterocycles. The molecule has 1 unspecified atom stereocenters. The van der Waals surface area contributed by atoms with E-state index in [0.717, 1.165) is 22.2 Å². The Morgan fingerprint density at radius 2 is 1.83 bits per heavy atom. The van der Waals surface area contributed by atoms with Crippen LogP contribution in [0.5, 0.6) is 5.75 Å². The normalized spacial score (nSPS) is 12.6. The number of benzene rings is 2. The standard InChI is InChI=1S/C24H27NO4/c1-5-28-23(27)24(3,4)22(26)17-10-12-19(13-11-17)29-15-18-14-16(2)25-21-9-7-6-8-20(18)21/h6-14,22,26H,5,15H2,1-4H3. The minimum Gasteiger partial charge on any atom is -0.489 e. The van der Waals surface area contributed by atoms with E-state index in [-0.39, 0.29) is 6.61 Å². The van der Waals surface area contributed by atoms with Crippen molar-refractivity contribution < 1.29 is 19.4 Å². The highest BCUT2D eigenvalue weighted by molar-refractivity contribution is 5.82. The number of hydrogen-bond donors (Lipinski definition) is 1. The van der Waals surface area contributed by atoms with E-state index in [1.165, 1.54) is 0 Å². The molecule has 1 atom stereocenters. The zero-order chi connectivity index (χ0) is 21.0. The van der Waals surface area contributed by atoms with Crippen LogP contribution in [0.25, 0.3) is 10.9 Å². The van der Waals surface area contributed by atoms with Gasteiger partial charge >= 0.3 is 5.97 Å². The summed E-state index contributed by atoms with van der Waals surface area (Å²) in [6, 6.07) is 17.2. The fourth-order valence-corrected chi connectivity index (χ4v) is 3.27. The molecule has 1 aromatic heterocycles. The topological polar surface area (TPSA) is 68.7 Å². The van der Waals surface area contributed by atoms with Gasteiger partial charge in [-0.3, -0.25) is 9.78 Å². The van der Waals surface area contributed by atoms with Crippen LogP contribution in [0.4, 0.5) is 0 Å². The first-order valence-corrected chi connectivity index (χ1v) is 9.76. The maximum atomic E-state index is 12.1. The lowest BCUT2D eigenvalue weighted by molar-refractivity contribution is -0.160. The van der Waals surface area contributed by atoms with Crippen LogP contribution in [0, 0.1) is 12.3 Å². The summed E-state index contributed by atoms with van der Waals surface area (Å²) in [5, 5.41) is 11.7. The number of pyridine rings is 1. The highest BCUT2D eigenvalue weighted by Gasteiger charge is 2.38. The molecule has 0 aliphatic carbocycles. The number of carbonyl (C=O) groups excluding carboxylic acids is 1. The Hall–Kier alpha value is -2.92. The zero-order valence-electron chi connectivity index (χ0n) is 17.3. The average Bonchev–Trinajstić information content (AvgIpc) is 2.71. The number of aryl methyl sites for hydroxylation is 1. The van der Waals surface area contributed by atoms with E-state index in [0.29, 0.717) is 17.9 Å². The van der Waals surface area contributed by atoms with Gasteiger partial charge in [-0.1, -0.05) is 30.3 Å². The van der Waals surface area contributed by atoms with E-state index < -0.39 is 17.5 Å². The van der Waals surface area contributed by atoms with Crippen molar-refractivity contribution in [3.63, 3.8) is 0 Å². The average molecular weight is 393 g/mol. The summed E-state index contributed by atoms with van der Waals surface area (Å²) in [6.07, 6.45) is -0.970. The van der Waals surface area contributed by atoms with E-state index >= 15 is 0 Å². The van der Waals surface area contributed by atoms with Crippen LogP contribution in [0.2, 0.25) is 0 Å². The molecule has 0 spiro atoms. The van der Waals surface area contributed by atoms with Gasteiger partial charge in [0.1, 0.15) is 12.4 Å². The maximum absolute atomic E-state index is 12.1. The maximum Gasteiger partial charge on any atom is 0.314 e. The molecule has 0 amide bonds. The van der Waals surface area contributed by atoms with Gasteiger partial charge < -0.3 is 14.6 Å². The van der Waals surface area contributed by atoms with Crippen molar-refractivity contribution in [3.8, 4) is 5.75 Å². The molecule has 1 N–H and O–H groups in total. The third kappa shape index (κ3) is 4.57. The molecule has 3 rings (SSSR count). The van der Waals surface area contributed by atoms with Crippen LogP contribution in [-0.4, -0.2) is 22.7 Å². The summed E-state index contributed by atoms with van der Waals surface area (Å²) in [5.41, 5.74) is 2.57. The zero-order valence-corrected chi connectivity index (χ0v) is 17.3. The van der Waals surface area contributed by atoms with E-state index in [2.05, 4.69) is 4.98 Å². The fraction of sp³-hybridized carbons (Fsp3) is 0.333. The van der Waals surface area contributed by atoms with Crippen LogP contribution in [-0.2, 0) is 16.1 Å². The third-order valence-electron chi connectivity index (χ3n) is 5.01. The lowest BCUT2D eigenvalue weighted by Crippen LogP contribution is -2.33. The smallest absolute Gasteiger partial charge is 0.314 e. The number of aromatic nitrogens is 1. The second-order valence-electron chi connectivity index (χ2n) is 7.64. The quantitative estimate of drug-likeness (QED) is 0.587. The van der Waals surface area contributed by atoms with Gasteiger partial charge in [-0.15, -0.1) is 0 Å². The monoisotopic (exact) mass is 393 g/mol. The molecule has 1 heterocycles. The van der Waals surface area contributed by atoms with Crippen molar-refractivity contribution in [3.05, 3.63) is 71.4 Å². The van der Waals surface area contributed by atoms with Crippen molar-refractivity contribution in [1.82, 2.24) is 4.98 Å². The molecule has 0 radical (unpaired) electrons. The van der Waals surface area contributed by atoms with Gasteiger partial charge in [-0.2, -0.15) is 0 Å². The Morgan fingerprint density at radius 1 is 1.14 bits per heavy atom. The number of esters is 1. The second-order valence-corrected chi connectivity index (χ2v) is 7.64. The number of nitrogens with zero attached hydrogens (tertiary/aromatic N) is 1. The lowest BCUT2D eigenvalue weighted by atomic mass is 9.82. The van der Waals surface area contributed by atoms with Crippen LogP contribution >= 0.6 is 0 Å². The molecule has 0 bridgehead atoms. The number of para-hydroxylation sites is 1. The van der Waals surface area contributed by atoms with Crippen LogP contribution in [0.15, 0.2) is 54.6 Å². The highest BCUT2D eigenvalue weighted by Crippen LogP contribution is 2.35. The van der Waals surface area contributed by atoms with Crippen LogP contribution < -0.4 is 4.74 Å². The van der Waals surface area contributed by atoms with E-state index in [4.69, 9.17) is 9.47 Å². The number of hydrogen-bond acceptors (Lipinski definition) is 5. The third-order valence-corrected chi connectivity index (χ3v) is 5.01. The molecule has 29 heavy (non-hydrogen) atoms. The molecular formula is C24H27NO4. The molecular weight excluding hydrogens is 366 g/mol.